The SMILES string of the molecule is NC(=O)c1noc([C@H]2CCCN2C(=O)Nc2ccc(Cl)c([N+](=O)[O-])c2)n1. The number of amides is 3. The molecule has 1 atom stereocenters. The van der Waals surface area contributed by atoms with Gasteiger partial charge in [-0.1, -0.05) is 16.8 Å². The van der Waals surface area contributed by atoms with Gasteiger partial charge in [0.1, 0.15) is 11.1 Å². The van der Waals surface area contributed by atoms with Crippen LogP contribution in [0.15, 0.2) is 22.7 Å². The number of carbonyl (C=O) groups is 2. The number of urea groups is 1. The molecule has 1 saturated heterocycles. The van der Waals surface area contributed by atoms with Crippen molar-refractivity contribution in [1.29, 1.82) is 0 Å². The largest absolute Gasteiger partial charge is 0.363 e. The van der Waals surface area contributed by atoms with E-state index in [9.17, 15) is 19.7 Å². The lowest BCUT2D eigenvalue weighted by Crippen LogP contribution is -2.34. The molecular formula is C14H13ClN6O5. The van der Waals surface area contributed by atoms with E-state index in [0.717, 1.165) is 0 Å². The van der Waals surface area contributed by atoms with Gasteiger partial charge in [0.05, 0.1) is 4.92 Å². The van der Waals surface area contributed by atoms with E-state index in [4.69, 9.17) is 21.9 Å². The van der Waals surface area contributed by atoms with Crippen molar-refractivity contribution in [1.82, 2.24) is 15.0 Å². The van der Waals surface area contributed by atoms with Crippen molar-refractivity contribution in [2.24, 2.45) is 5.73 Å². The third-order valence-corrected chi connectivity index (χ3v) is 4.17. The highest BCUT2D eigenvalue weighted by Crippen LogP contribution is 2.32. The Morgan fingerprint density at radius 1 is 1.46 bits per heavy atom. The van der Waals surface area contributed by atoms with Gasteiger partial charge in [0.2, 0.25) is 5.89 Å². The highest BCUT2D eigenvalue weighted by molar-refractivity contribution is 6.32. The van der Waals surface area contributed by atoms with E-state index >= 15 is 0 Å². The molecule has 2 aromatic rings. The van der Waals surface area contributed by atoms with Gasteiger partial charge in [-0.2, -0.15) is 4.98 Å². The minimum Gasteiger partial charge on any atom is -0.363 e. The van der Waals surface area contributed by atoms with Crippen molar-refractivity contribution in [3.63, 3.8) is 0 Å². The first-order valence-electron chi connectivity index (χ1n) is 7.52. The molecule has 1 aliphatic heterocycles. The Morgan fingerprint density at radius 2 is 2.23 bits per heavy atom. The Kier molecular flexibility index (Phi) is 4.71. The Morgan fingerprint density at radius 3 is 2.88 bits per heavy atom. The second-order valence-corrected chi connectivity index (χ2v) is 5.93. The van der Waals surface area contributed by atoms with Crippen molar-refractivity contribution in [2.45, 2.75) is 18.9 Å². The number of nitrogens with one attached hydrogen (secondary N) is 1. The summed E-state index contributed by atoms with van der Waals surface area (Å²) >= 11 is 5.76. The van der Waals surface area contributed by atoms with E-state index in [-0.39, 0.29) is 28.1 Å². The van der Waals surface area contributed by atoms with Gasteiger partial charge in [-0.25, -0.2) is 4.79 Å². The molecule has 0 spiro atoms. The van der Waals surface area contributed by atoms with Gasteiger partial charge in [0.25, 0.3) is 17.4 Å². The summed E-state index contributed by atoms with van der Waals surface area (Å²) in [7, 11) is 0. The first-order valence-corrected chi connectivity index (χ1v) is 7.89. The van der Waals surface area contributed by atoms with Gasteiger partial charge in [-0.3, -0.25) is 14.9 Å². The van der Waals surface area contributed by atoms with Crippen molar-refractivity contribution in [3.05, 3.63) is 45.1 Å². The molecule has 3 amide bonds. The summed E-state index contributed by atoms with van der Waals surface area (Å²) in [6.07, 6.45) is 1.25. The summed E-state index contributed by atoms with van der Waals surface area (Å²) < 4.78 is 5.02. The number of aromatic nitrogens is 2. The van der Waals surface area contributed by atoms with Crippen LogP contribution in [0.1, 0.15) is 35.4 Å². The van der Waals surface area contributed by atoms with E-state index in [1.807, 2.05) is 0 Å². The van der Waals surface area contributed by atoms with Crippen molar-refractivity contribution in [2.75, 3.05) is 11.9 Å². The number of carbonyl (C=O) groups excluding carboxylic acids is 2. The van der Waals surface area contributed by atoms with Crippen LogP contribution in [0, 0.1) is 10.1 Å². The van der Waals surface area contributed by atoms with Crippen molar-refractivity contribution < 1.29 is 19.0 Å². The molecule has 3 N–H and O–H groups in total. The number of nitrogens with two attached hydrogens (primary N) is 1. The predicted molar refractivity (Wildman–Crippen MR) is 88.6 cm³/mol. The van der Waals surface area contributed by atoms with Crippen LogP contribution in [0.3, 0.4) is 0 Å². The van der Waals surface area contributed by atoms with Gasteiger partial charge >= 0.3 is 6.03 Å². The summed E-state index contributed by atoms with van der Waals surface area (Å²) in [6.45, 7) is 0.417. The Balaban J connectivity index is 1.77. The Hall–Kier alpha value is -3.21. The number of hydrogen-bond acceptors (Lipinski definition) is 7. The number of nitro benzene ring substituents is 1. The van der Waals surface area contributed by atoms with Crippen LogP contribution in [-0.2, 0) is 0 Å². The van der Waals surface area contributed by atoms with Crippen LogP contribution in [0.2, 0.25) is 5.02 Å². The summed E-state index contributed by atoms with van der Waals surface area (Å²) in [5.74, 6) is -0.989. The topological polar surface area (TPSA) is 157 Å². The average Bonchev–Trinajstić information content (AvgIpc) is 3.25. The molecule has 3 rings (SSSR count). The number of halogens is 1. The summed E-state index contributed by atoms with van der Waals surface area (Å²) in [5, 5.41) is 17.0. The fourth-order valence-electron chi connectivity index (χ4n) is 2.66. The zero-order valence-corrected chi connectivity index (χ0v) is 14.0. The predicted octanol–water partition coefficient (Wildman–Crippen LogP) is 2.10. The van der Waals surface area contributed by atoms with E-state index in [1.165, 1.54) is 23.1 Å². The maximum atomic E-state index is 12.5. The minimum absolute atomic E-state index is 0.0307. The molecule has 0 bridgehead atoms. The van der Waals surface area contributed by atoms with Gasteiger partial charge in [-0.05, 0) is 25.0 Å². The molecule has 12 heteroatoms. The van der Waals surface area contributed by atoms with Crippen LogP contribution in [0.4, 0.5) is 16.2 Å². The number of primary amides is 1. The number of likely N-dealkylation sites (tertiary alicyclic amines) is 1. The van der Waals surface area contributed by atoms with Gasteiger partial charge in [0, 0.05) is 18.3 Å². The number of hydrogen-bond donors (Lipinski definition) is 2. The molecule has 0 radical (unpaired) electrons. The molecule has 0 saturated carbocycles. The molecule has 11 nitrogen and oxygen atoms in total. The Labute approximate surface area is 151 Å². The second kappa shape index (κ2) is 6.96. The lowest BCUT2D eigenvalue weighted by Gasteiger charge is -2.22. The molecule has 26 heavy (non-hydrogen) atoms. The van der Waals surface area contributed by atoms with Crippen LogP contribution < -0.4 is 11.1 Å². The monoisotopic (exact) mass is 380 g/mol. The Bertz CT molecular complexity index is 884. The van der Waals surface area contributed by atoms with Gasteiger partial charge in [-0.15, -0.1) is 0 Å². The molecule has 1 aromatic carbocycles. The number of benzene rings is 1. The summed E-state index contributed by atoms with van der Waals surface area (Å²) in [4.78, 5) is 39.3. The molecule has 1 aliphatic rings. The standard InChI is InChI=1S/C14H13ClN6O5/c15-8-4-3-7(6-10(8)21(24)25)17-14(23)20-5-1-2-9(20)13-18-12(11(16)22)19-26-13/h3-4,6,9H,1-2,5H2,(H2,16,22)(H,17,23)/t9-/m1/s1. The van der Waals surface area contributed by atoms with Crippen LogP contribution in [-0.4, -0.2) is 38.4 Å². The first kappa shape index (κ1) is 17.6. The van der Waals surface area contributed by atoms with Crippen molar-refractivity contribution in [3.8, 4) is 0 Å². The maximum absolute atomic E-state index is 12.5. The van der Waals surface area contributed by atoms with E-state index in [2.05, 4.69) is 15.5 Å². The highest BCUT2D eigenvalue weighted by Gasteiger charge is 2.34. The zero-order chi connectivity index (χ0) is 18.8. The number of nitro groups is 1. The molecular weight excluding hydrogens is 368 g/mol. The lowest BCUT2D eigenvalue weighted by molar-refractivity contribution is -0.384. The van der Waals surface area contributed by atoms with E-state index in [1.54, 1.807) is 0 Å². The second-order valence-electron chi connectivity index (χ2n) is 5.53. The summed E-state index contributed by atoms with van der Waals surface area (Å²) in [5.41, 5.74) is 5.00. The van der Waals surface area contributed by atoms with Crippen LogP contribution >= 0.6 is 11.6 Å². The fourth-order valence-corrected chi connectivity index (χ4v) is 2.85. The third kappa shape index (κ3) is 3.42. The van der Waals surface area contributed by atoms with E-state index in [0.29, 0.717) is 19.4 Å². The maximum Gasteiger partial charge on any atom is 0.322 e. The van der Waals surface area contributed by atoms with Crippen molar-refractivity contribution >= 4 is 34.9 Å². The fraction of sp³-hybridized carbons (Fsp3) is 0.286. The van der Waals surface area contributed by atoms with Crippen LogP contribution in [0.5, 0.6) is 0 Å². The molecule has 2 heterocycles. The minimum atomic E-state index is -0.831. The number of rotatable bonds is 4. The smallest absolute Gasteiger partial charge is 0.322 e. The number of nitrogens with zero attached hydrogens (tertiary/aromatic N) is 4. The molecule has 0 aliphatic carbocycles. The highest BCUT2D eigenvalue weighted by atomic mass is 35.5. The number of anilines is 1. The van der Waals surface area contributed by atoms with E-state index < -0.39 is 22.9 Å². The average molecular weight is 381 g/mol. The van der Waals surface area contributed by atoms with Gasteiger partial charge < -0.3 is 20.5 Å². The molecule has 1 fully saturated rings. The van der Waals surface area contributed by atoms with Crippen LogP contribution in [0.25, 0.3) is 0 Å². The first-order chi connectivity index (χ1) is 12.4. The zero-order valence-electron chi connectivity index (χ0n) is 13.2. The quantitative estimate of drug-likeness (QED) is 0.606. The molecule has 1 aromatic heterocycles. The third-order valence-electron chi connectivity index (χ3n) is 3.85. The summed E-state index contributed by atoms with van der Waals surface area (Å²) in [6, 6.07) is 2.94. The molecule has 0 unspecified atom stereocenters. The lowest BCUT2D eigenvalue weighted by atomic mass is 10.2. The molecule has 136 valence electrons. The normalized spacial score (nSPS) is 16.5. The van der Waals surface area contributed by atoms with Gasteiger partial charge in [0.15, 0.2) is 0 Å².